The van der Waals surface area contributed by atoms with Crippen molar-refractivity contribution < 1.29 is 19.1 Å². The summed E-state index contributed by atoms with van der Waals surface area (Å²) >= 11 is 1.26. The molecule has 24 heavy (non-hydrogen) atoms. The lowest BCUT2D eigenvalue weighted by Gasteiger charge is -2.11. The Balaban J connectivity index is 2.31. The van der Waals surface area contributed by atoms with Crippen molar-refractivity contribution in [2.45, 2.75) is 27.7 Å². The molecule has 0 N–H and O–H groups in total. The fourth-order valence-corrected chi connectivity index (χ4v) is 3.02. The van der Waals surface area contributed by atoms with Crippen molar-refractivity contribution in [3.8, 4) is 16.3 Å². The van der Waals surface area contributed by atoms with Gasteiger partial charge in [-0.15, -0.1) is 11.3 Å². The average Bonchev–Trinajstić information content (AvgIpc) is 2.94. The molecule has 1 aromatic carbocycles. The number of esters is 1. The van der Waals surface area contributed by atoms with Crippen LogP contribution < -0.4 is 4.74 Å². The maximum atomic E-state index is 11.9. The highest BCUT2D eigenvalue weighted by Crippen LogP contribution is 2.31. The summed E-state index contributed by atoms with van der Waals surface area (Å²) in [6.07, 6.45) is 0.770. The first-order valence-corrected chi connectivity index (χ1v) is 8.64. The number of aromatic nitrogens is 1. The molecule has 0 bridgehead atoms. The van der Waals surface area contributed by atoms with Gasteiger partial charge in [-0.05, 0) is 38.0 Å². The molecule has 0 spiro atoms. The van der Waals surface area contributed by atoms with Crippen molar-refractivity contribution in [3.05, 3.63) is 34.3 Å². The van der Waals surface area contributed by atoms with Crippen LogP contribution in [0.5, 0.6) is 5.75 Å². The van der Waals surface area contributed by atoms with Gasteiger partial charge in [-0.3, -0.25) is 4.79 Å². The fourth-order valence-electron chi connectivity index (χ4n) is 2.07. The Labute approximate surface area is 145 Å². The number of aldehydes is 1. The molecule has 0 aliphatic rings. The smallest absolute Gasteiger partial charge is 0.350 e. The second kappa shape index (κ2) is 8.06. The minimum atomic E-state index is -0.369. The number of carbonyl (C=O) groups is 2. The van der Waals surface area contributed by atoms with Crippen LogP contribution in [-0.4, -0.2) is 30.5 Å². The number of nitrogens with zero attached hydrogens (tertiary/aromatic N) is 1. The lowest BCUT2D eigenvalue weighted by atomic mass is 10.1. The Morgan fingerprint density at radius 3 is 2.75 bits per heavy atom. The molecular weight excluding hydrogens is 326 g/mol. The van der Waals surface area contributed by atoms with Crippen LogP contribution in [0, 0.1) is 12.8 Å². The van der Waals surface area contributed by atoms with E-state index in [-0.39, 0.29) is 5.97 Å². The molecule has 0 aliphatic carbocycles. The number of ether oxygens (including phenoxy) is 2. The summed E-state index contributed by atoms with van der Waals surface area (Å²) in [6.45, 7) is 8.50. The molecule has 0 saturated carbocycles. The molecule has 0 saturated heterocycles. The summed E-state index contributed by atoms with van der Waals surface area (Å²) in [6, 6.07) is 5.34. The van der Waals surface area contributed by atoms with Gasteiger partial charge in [-0.1, -0.05) is 13.8 Å². The Kier molecular flexibility index (Phi) is 6.09. The van der Waals surface area contributed by atoms with Crippen LogP contribution >= 0.6 is 11.3 Å². The van der Waals surface area contributed by atoms with Crippen LogP contribution in [0.2, 0.25) is 0 Å². The van der Waals surface area contributed by atoms with Gasteiger partial charge in [-0.2, -0.15) is 0 Å². The molecule has 128 valence electrons. The van der Waals surface area contributed by atoms with Gasteiger partial charge in [-0.25, -0.2) is 9.78 Å². The van der Waals surface area contributed by atoms with Gasteiger partial charge in [0.25, 0.3) is 0 Å². The predicted octanol–water partition coefficient (Wildman–Crippen LogP) is 4.14. The van der Waals surface area contributed by atoms with E-state index < -0.39 is 0 Å². The van der Waals surface area contributed by atoms with Gasteiger partial charge in [0.15, 0.2) is 6.29 Å². The van der Waals surface area contributed by atoms with Crippen molar-refractivity contribution in [2.75, 3.05) is 13.2 Å². The third kappa shape index (κ3) is 4.20. The normalized spacial score (nSPS) is 10.7. The van der Waals surface area contributed by atoms with E-state index in [9.17, 15) is 9.59 Å². The first-order chi connectivity index (χ1) is 11.5. The molecule has 0 radical (unpaired) electrons. The average molecular weight is 347 g/mol. The molecule has 0 aliphatic heterocycles. The Morgan fingerprint density at radius 2 is 2.12 bits per heavy atom. The maximum absolute atomic E-state index is 11.9. The highest BCUT2D eigenvalue weighted by atomic mass is 32.1. The number of hydrogen-bond donors (Lipinski definition) is 0. The Bertz CT molecular complexity index is 737. The first kappa shape index (κ1) is 18.1. The first-order valence-electron chi connectivity index (χ1n) is 7.83. The third-order valence-electron chi connectivity index (χ3n) is 3.21. The van der Waals surface area contributed by atoms with Gasteiger partial charge in [0.2, 0.25) is 0 Å². The van der Waals surface area contributed by atoms with E-state index in [1.54, 1.807) is 26.0 Å². The standard InChI is InChI=1S/C18H21NO4S/c1-5-22-18(21)16-12(4)19-17(24-16)13-6-7-15(14(8-13)9-20)23-10-11(2)3/h6-9,11H,5,10H2,1-4H3. The quantitative estimate of drug-likeness (QED) is 0.556. The van der Waals surface area contributed by atoms with Crippen LogP contribution in [0.25, 0.3) is 10.6 Å². The van der Waals surface area contributed by atoms with E-state index >= 15 is 0 Å². The van der Waals surface area contributed by atoms with Crippen molar-refractivity contribution in [1.82, 2.24) is 4.98 Å². The molecule has 0 atom stereocenters. The number of thiazole rings is 1. The Hall–Kier alpha value is -2.21. The van der Waals surface area contributed by atoms with Crippen LogP contribution in [0.4, 0.5) is 0 Å². The number of benzene rings is 1. The van der Waals surface area contributed by atoms with Gasteiger partial charge < -0.3 is 9.47 Å². The Morgan fingerprint density at radius 1 is 1.38 bits per heavy atom. The second-order valence-corrected chi connectivity index (χ2v) is 6.73. The zero-order valence-corrected chi connectivity index (χ0v) is 15.1. The van der Waals surface area contributed by atoms with Crippen LogP contribution in [0.1, 0.15) is 46.5 Å². The molecule has 1 heterocycles. The van der Waals surface area contributed by atoms with Crippen molar-refractivity contribution in [3.63, 3.8) is 0 Å². The van der Waals surface area contributed by atoms with Crippen molar-refractivity contribution >= 4 is 23.6 Å². The molecule has 0 unspecified atom stereocenters. The van der Waals surface area contributed by atoms with Crippen LogP contribution in [0.15, 0.2) is 18.2 Å². The zero-order valence-electron chi connectivity index (χ0n) is 14.3. The van der Waals surface area contributed by atoms with Crippen LogP contribution in [-0.2, 0) is 4.74 Å². The third-order valence-corrected chi connectivity index (χ3v) is 4.40. The largest absolute Gasteiger partial charge is 0.493 e. The summed E-state index contributed by atoms with van der Waals surface area (Å²) in [4.78, 5) is 28.2. The molecule has 0 fully saturated rings. The molecular formula is C18H21NO4S. The topological polar surface area (TPSA) is 65.5 Å². The summed E-state index contributed by atoms with van der Waals surface area (Å²) in [5, 5.41) is 0.675. The van der Waals surface area contributed by atoms with Gasteiger partial charge >= 0.3 is 5.97 Å². The second-order valence-electron chi connectivity index (χ2n) is 5.73. The molecule has 1 aromatic heterocycles. The number of hydrogen-bond acceptors (Lipinski definition) is 6. The van der Waals surface area contributed by atoms with E-state index in [1.807, 2.05) is 19.9 Å². The summed E-state index contributed by atoms with van der Waals surface area (Å²) in [5.74, 6) is 0.561. The lowest BCUT2D eigenvalue weighted by Crippen LogP contribution is -2.06. The van der Waals surface area contributed by atoms with Crippen molar-refractivity contribution in [1.29, 1.82) is 0 Å². The summed E-state index contributed by atoms with van der Waals surface area (Å²) in [5.41, 5.74) is 1.87. The fraction of sp³-hybridized carbons (Fsp3) is 0.389. The maximum Gasteiger partial charge on any atom is 0.350 e. The molecule has 2 rings (SSSR count). The molecule has 2 aromatic rings. The molecule has 0 amide bonds. The van der Waals surface area contributed by atoms with Crippen LogP contribution in [0.3, 0.4) is 0 Å². The minimum Gasteiger partial charge on any atom is -0.493 e. The minimum absolute atomic E-state index is 0.322. The monoisotopic (exact) mass is 347 g/mol. The van der Waals surface area contributed by atoms with E-state index in [0.29, 0.717) is 46.0 Å². The highest BCUT2D eigenvalue weighted by Gasteiger charge is 2.18. The molecule has 6 heteroatoms. The summed E-state index contributed by atoms with van der Waals surface area (Å²) in [7, 11) is 0. The SMILES string of the molecule is CCOC(=O)c1sc(-c2ccc(OCC(C)C)c(C=O)c2)nc1C. The zero-order chi connectivity index (χ0) is 17.7. The molecule has 5 nitrogen and oxygen atoms in total. The van der Waals surface area contributed by atoms with E-state index in [2.05, 4.69) is 4.98 Å². The lowest BCUT2D eigenvalue weighted by molar-refractivity contribution is 0.0531. The summed E-state index contributed by atoms with van der Waals surface area (Å²) < 4.78 is 10.7. The van der Waals surface area contributed by atoms with Gasteiger partial charge in [0.05, 0.1) is 24.5 Å². The van der Waals surface area contributed by atoms with Crippen molar-refractivity contribution in [2.24, 2.45) is 5.92 Å². The van der Waals surface area contributed by atoms with E-state index in [1.165, 1.54) is 11.3 Å². The highest BCUT2D eigenvalue weighted by molar-refractivity contribution is 7.17. The van der Waals surface area contributed by atoms with E-state index in [0.717, 1.165) is 11.8 Å². The predicted molar refractivity (Wildman–Crippen MR) is 94.0 cm³/mol. The van der Waals surface area contributed by atoms with Gasteiger partial charge in [0, 0.05) is 5.56 Å². The number of carbonyl (C=O) groups excluding carboxylic acids is 2. The number of rotatable bonds is 7. The van der Waals surface area contributed by atoms with E-state index in [4.69, 9.17) is 9.47 Å². The number of aryl methyl sites for hydroxylation is 1. The van der Waals surface area contributed by atoms with Gasteiger partial charge in [0.1, 0.15) is 15.6 Å².